The molecule has 0 bridgehead atoms. The number of unbranched alkanes of at least 4 members (excludes halogenated alkanes) is 26. The summed E-state index contributed by atoms with van der Waals surface area (Å²) in [5.74, 6) is -0.923. The average Bonchev–Trinajstić information content (AvgIpc) is 3.40. The van der Waals surface area contributed by atoms with Crippen LogP contribution in [0.5, 0.6) is 0 Å². The summed E-state index contributed by atoms with van der Waals surface area (Å²) in [5, 5.41) is 0. The number of rotatable bonds is 55. The SMILES string of the molecule is CC/C=C\C/C=C\C/C=C\C/C=C\C/C=C\C/C=C\C/C=C\CCCCCC(=O)OCC(COC(=O)CCCCCCCCCCCCCC)OC(=O)CCCCCCCCCCC/C=C\C/C=C\CCCCC. The molecule has 0 aromatic carbocycles. The predicted molar refractivity (Wildman–Crippen MR) is 320 cm³/mol. The highest BCUT2D eigenvalue weighted by molar-refractivity contribution is 5.71. The Morgan fingerprint density at radius 2 is 0.527 bits per heavy atom. The van der Waals surface area contributed by atoms with Crippen LogP contribution in [0.3, 0.4) is 0 Å². The Labute approximate surface area is 457 Å². The van der Waals surface area contributed by atoms with Crippen molar-refractivity contribution in [1.29, 1.82) is 0 Å². The first-order valence-electron chi connectivity index (χ1n) is 30.9. The molecule has 0 radical (unpaired) electrons. The molecule has 0 aliphatic carbocycles. The first-order valence-corrected chi connectivity index (χ1v) is 30.9. The van der Waals surface area contributed by atoms with Crippen molar-refractivity contribution in [3.8, 4) is 0 Å². The van der Waals surface area contributed by atoms with Gasteiger partial charge in [-0.05, 0) is 109 Å². The molecule has 0 N–H and O–H groups in total. The van der Waals surface area contributed by atoms with Gasteiger partial charge in [0.2, 0.25) is 0 Å². The van der Waals surface area contributed by atoms with Crippen molar-refractivity contribution in [3.63, 3.8) is 0 Å². The molecule has 0 rings (SSSR count). The van der Waals surface area contributed by atoms with E-state index in [1.54, 1.807) is 0 Å². The number of hydrogen-bond donors (Lipinski definition) is 0. The van der Waals surface area contributed by atoms with Crippen LogP contribution in [0.2, 0.25) is 0 Å². The maximum absolute atomic E-state index is 12.9. The van der Waals surface area contributed by atoms with Crippen LogP contribution in [0, 0.1) is 0 Å². The summed E-state index contributed by atoms with van der Waals surface area (Å²) in [6, 6.07) is 0. The Morgan fingerprint density at radius 1 is 0.284 bits per heavy atom. The van der Waals surface area contributed by atoms with E-state index in [0.717, 1.165) is 116 Å². The Kier molecular flexibility index (Phi) is 58.3. The van der Waals surface area contributed by atoms with Crippen LogP contribution >= 0.6 is 0 Å². The summed E-state index contributed by atoms with van der Waals surface area (Å²) in [4.78, 5) is 38.2. The lowest BCUT2D eigenvalue weighted by molar-refractivity contribution is -0.167. The summed E-state index contributed by atoms with van der Waals surface area (Å²) >= 11 is 0. The Morgan fingerprint density at radius 3 is 0.865 bits per heavy atom. The van der Waals surface area contributed by atoms with E-state index in [1.165, 1.54) is 128 Å². The fourth-order valence-corrected chi connectivity index (χ4v) is 8.39. The van der Waals surface area contributed by atoms with Crippen LogP contribution in [0.15, 0.2) is 109 Å². The van der Waals surface area contributed by atoms with Gasteiger partial charge < -0.3 is 14.2 Å². The van der Waals surface area contributed by atoms with Crippen LogP contribution in [-0.4, -0.2) is 37.2 Å². The molecule has 0 saturated carbocycles. The zero-order chi connectivity index (χ0) is 53.6. The van der Waals surface area contributed by atoms with E-state index >= 15 is 0 Å². The third-order valence-electron chi connectivity index (χ3n) is 13.0. The largest absolute Gasteiger partial charge is 0.462 e. The fraction of sp³-hybridized carbons (Fsp3) is 0.691. The summed E-state index contributed by atoms with van der Waals surface area (Å²) in [5.41, 5.74) is 0. The monoisotopic (exact) mass is 1030 g/mol. The van der Waals surface area contributed by atoms with E-state index in [0.29, 0.717) is 19.3 Å². The van der Waals surface area contributed by atoms with Gasteiger partial charge in [-0.2, -0.15) is 0 Å². The summed E-state index contributed by atoms with van der Waals surface area (Å²) in [6.45, 7) is 6.48. The first kappa shape index (κ1) is 70.1. The molecular weight excluding hydrogens is 913 g/mol. The number of carbonyl (C=O) groups is 3. The van der Waals surface area contributed by atoms with Gasteiger partial charge in [0, 0.05) is 19.3 Å². The molecule has 0 aliphatic heterocycles. The summed E-state index contributed by atoms with van der Waals surface area (Å²) < 4.78 is 16.9. The van der Waals surface area contributed by atoms with Crippen LogP contribution in [0.25, 0.3) is 0 Å². The average molecular weight is 1030 g/mol. The van der Waals surface area contributed by atoms with Gasteiger partial charge in [0.1, 0.15) is 13.2 Å². The van der Waals surface area contributed by atoms with E-state index < -0.39 is 6.10 Å². The molecule has 1 atom stereocenters. The standard InChI is InChI=1S/C68H114O6/c1-4-7-10-13-16-19-22-25-27-29-31-32-33-34-35-36-38-39-41-43-46-49-52-55-58-61-67(70)73-64-65(63-72-66(69)60-57-54-51-48-45-24-21-18-15-12-9-6-3)74-68(71)62-59-56-53-50-47-44-42-40-37-30-28-26-23-20-17-14-11-8-5-2/h7,10,16-17,19-20,25-28,31-32,34-35,38-39,43,46,65H,4-6,8-9,11-15,18,21-24,29-30,33,36-37,40-42,44-45,47-64H2,1-3H3/b10-7-,19-16-,20-17-,27-25-,28-26-,32-31-,35-34-,39-38-,46-43-. The third kappa shape index (κ3) is 59.0. The van der Waals surface area contributed by atoms with Gasteiger partial charge in [-0.25, -0.2) is 0 Å². The molecule has 0 amide bonds. The fourth-order valence-electron chi connectivity index (χ4n) is 8.39. The summed E-state index contributed by atoms with van der Waals surface area (Å²) in [6.07, 6.45) is 83.7. The minimum absolute atomic E-state index is 0.0894. The molecule has 0 aliphatic rings. The predicted octanol–water partition coefficient (Wildman–Crippen LogP) is 21.0. The third-order valence-corrected chi connectivity index (χ3v) is 13.0. The van der Waals surface area contributed by atoms with E-state index in [1.807, 2.05) is 0 Å². The van der Waals surface area contributed by atoms with Gasteiger partial charge in [-0.1, -0.05) is 265 Å². The second-order valence-corrected chi connectivity index (χ2v) is 20.2. The number of ether oxygens (including phenoxy) is 3. The zero-order valence-electron chi connectivity index (χ0n) is 48.3. The lowest BCUT2D eigenvalue weighted by Crippen LogP contribution is -2.30. The minimum atomic E-state index is -0.795. The molecule has 6 nitrogen and oxygen atoms in total. The number of carbonyl (C=O) groups excluding carboxylic acids is 3. The Bertz CT molecular complexity index is 1510. The van der Waals surface area contributed by atoms with Gasteiger partial charge in [0.05, 0.1) is 0 Å². The molecule has 0 spiro atoms. The first-order chi connectivity index (χ1) is 36.5. The normalized spacial score (nSPS) is 12.9. The number of hydrogen-bond acceptors (Lipinski definition) is 6. The molecule has 0 saturated heterocycles. The van der Waals surface area contributed by atoms with E-state index in [-0.39, 0.29) is 31.1 Å². The number of esters is 3. The Balaban J connectivity index is 4.41. The van der Waals surface area contributed by atoms with Gasteiger partial charge in [-0.3, -0.25) is 14.4 Å². The van der Waals surface area contributed by atoms with Crippen LogP contribution in [0.4, 0.5) is 0 Å². The lowest BCUT2D eigenvalue weighted by Gasteiger charge is -2.18. The van der Waals surface area contributed by atoms with Crippen molar-refractivity contribution in [3.05, 3.63) is 109 Å². The van der Waals surface area contributed by atoms with Crippen molar-refractivity contribution in [2.75, 3.05) is 13.2 Å². The molecule has 6 heteroatoms. The lowest BCUT2D eigenvalue weighted by atomic mass is 10.0. The molecule has 422 valence electrons. The van der Waals surface area contributed by atoms with Crippen LogP contribution in [-0.2, 0) is 28.6 Å². The molecule has 74 heavy (non-hydrogen) atoms. The summed E-state index contributed by atoms with van der Waals surface area (Å²) in [7, 11) is 0. The maximum atomic E-state index is 12.9. The molecule has 0 heterocycles. The van der Waals surface area contributed by atoms with E-state index in [9.17, 15) is 14.4 Å². The minimum Gasteiger partial charge on any atom is -0.462 e. The van der Waals surface area contributed by atoms with Crippen molar-refractivity contribution in [1.82, 2.24) is 0 Å². The second-order valence-electron chi connectivity index (χ2n) is 20.2. The van der Waals surface area contributed by atoms with Gasteiger partial charge in [0.15, 0.2) is 6.10 Å². The van der Waals surface area contributed by atoms with Crippen LogP contribution in [0.1, 0.15) is 284 Å². The quantitative estimate of drug-likeness (QED) is 0.0261. The topological polar surface area (TPSA) is 78.9 Å². The molecule has 0 aromatic heterocycles. The van der Waals surface area contributed by atoms with Crippen molar-refractivity contribution in [2.24, 2.45) is 0 Å². The molecule has 1 unspecified atom stereocenters. The van der Waals surface area contributed by atoms with Crippen LogP contribution < -0.4 is 0 Å². The van der Waals surface area contributed by atoms with Gasteiger partial charge >= 0.3 is 17.9 Å². The molecule has 0 fully saturated rings. The Hall–Kier alpha value is -3.93. The molecular formula is C68H114O6. The smallest absolute Gasteiger partial charge is 0.306 e. The number of allylic oxidation sites excluding steroid dienone is 18. The maximum Gasteiger partial charge on any atom is 0.306 e. The van der Waals surface area contributed by atoms with E-state index in [4.69, 9.17) is 14.2 Å². The molecule has 0 aromatic rings. The van der Waals surface area contributed by atoms with Gasteiger partial charge in [0.25, 0.3) is 0 Å². The second kappa shape index (κ2) is 61.6. The zero-order valence-corrected chi connectivity index (χ0v) is 48.3. The highest BCUT2D eigenvalue weighted by atomic mass is 16.6. The van der Waals surface area contributed by atoms with Gasteiger partial charge in [-0.15, -0.1) is 0 Å². The highest BCUT2D eigenvalue weighted by Gasteiger charge is 2.19. The van der Waals surface area contributed by atoms with E-state index in [2.05, 4.69) is 130 Å². The van der Waals surface area contributed by atoms with Crippen molar-refractivity contribution >= 4 is 17.9 Å². The van der Waals surface area contributed by atoms with Crippen molar-refractivity contribution < 1.29 is 28.6 Å². The van der Waals surface area contributed by atoms with Crippen molar-refractivity contribution in [2.45, 2.75) is 290 Å². The highest BCUT2D eigenvalue weighted by Crippen LogP contribution is 2.15.